The summed E-state index contributed by atoms with van der Waals surface area (Å²) in [7, 11) is 0. The van der Waals surface area contributed by atoms with Crippen molar-refractivity contribution in [1.29, 1.82) is 0 Å². The van der Waals surface area contributed by atoms with Gasteiger partial charge in [-0.25, -0.2) is 9.78 Å². The van der Waals surface area contributed by atoms with Gasteiger partial charge in [-0.3, -0.25) is 0 Å². The van der Waals surface area contributed by atoms with Crippen LogP contribution in [0.1, 0.15) is 40.1 Å². The number of nitrogens with two attached hydrogens (primary N) is 1. The van der Waals surface area contributed by atoms with Gasteiger partial charge in [0.05, 0.1) is 11.6 Å². The molecule has 1 unspecified atom stereocenters. The maximum atomic E-state index is 11.5. The number of hydrogen-bond donors (Lipinski definition) is 1. The van der Waals surface area contributed by atoms with Gasteiger partial charge in [-0.15, -0.1) is 11.3 Å². The highest BCUT2D eigenvalue weighted by atomic mass is 32.1. The Labute approximate surface area is 93.5 Å². The molecule has 5 heteroatoms. The van der Waals surface area contributed by atoms with E-state index in [2.05, 4.69) is 4.98 Å². The second kappa shape index (κ2) is 5.23. The van der Waals surface area contributed by atoms with E-state index in [1.807, 2.05) is 13.8 Å². The zero-order valence-corrected chi connectivity index (χ0v) is 10.1. The first-order chi connectivity index (χ1) is 7.10. The molecule has 84 valence electrons. The van der Waals surface area contributed by atoms with Gasteiger partial charge in [0.1, 0.15) is 0 Å². The minimum absolute atomic E-state index is 0.192. The second-order valence-corrected chi connectivity index (χ2v) is 4.55. The van der Waals surface area contributed by atoms with Gasteiger partial charge in [0, 0.05) is 17.3 Å². The van der Waals surface area contributed by atoms with E-state index in [1.165, 1.54) is 11.3 Å². The minimum Gasteiger partial charge on any atom is -0.461 e. The van der Waals surface area contributed by atoms with E-state index < -0.39 is 0 Å². The Hall–Kier alpha value is -0.940. The van der Waals surface area contributed by atoms with Crippen LogP contribution in [0.15, 0.2) is 0 Å². The fourth-order valence-corrected chi connectivity index (χ4v) is 2.09. The first-order valence-electron chi connectivity index (χ1n) is 4.94. The summed E-state index contributed by atoms with van der Waals surface area (Å²) in [5.74, 6) is -0.154. The molecule has 1 aromatic heterocycles. The van der Waals surface area contributed by atoms with E-state index in [4.69, 9.17) is 10.5 Å². The third-order valence-corrected chi connectivity index (χ3v) is 3.26. The summed E-state index contributed by atoms with van der Waals surface area (Å²) in [5, 5.41) is 0.901. The molecule has 15 heavy (non-hydrogen) atoms. The topological polar surface area (TPSA) is 65.2 Å². The van der Waals surface area contributed by atoms with Crippen LogP contribution >= 0.6 is 11.3 Å². The van der Waals surface area contributed by atoms with Crippen molar-refractivity contribution in [2.24, 2.45) is 5.73 Å². The molecule has 0 fully saturated rings. The number of rotatable bonds is 4. The lowest BCUT2D eigenvalue weighted by Gasteiger charge is -2.01. The SMILES string of the molecule is CCOC(=O)c1nc(C(C)CN)sc1C. The fourth-order valence-electron chi connectivity index (χ4n) is 1.12. The number of hydrogen-bond acceptors (Lipinski definition) is 5. The molecule has 1 aromatic rings. The average Bonchev–Trinajstić information content (AvgIpc) is 2.59. The van der Waals surface area contributed by atoms with Gasteiger partial charge in [0.2, 0.25) is 0 Å². The van der Waals surface area contributed by atoms with Crippen molar-refractivity contribution < 1.29 is 9.53 Å². The predicted molar refractivity (Wildman–Crippen MR) is 60.3 cm³/mol. The van der Waals surface area contributed by atoms with Crippen LogP contribution in [0.3, 0.4) is 0 Å². The number of esters is 1. The molecule has 1 atom stereocenters. The van der Waals surface area contributed by atoms with Crippen LogP contribution in [0.5, 0.6) is 0 Å². The van der Waals surface area contributed by atoms with Crippen LogP contribution in [0.2, 0.25) is 0 Å². The Morgan fingerprint density at radius 2 is 2.33 bits per heavy atom. The molecular formula is C10H16N2O2S. The van der Waals surface area contributed by atoms with Crippen molar-refractivity contribution in [3.05, 3.63) is 15.6 Å². The number of thiazole rings is 1. The predicted octanol–water partition coefficient (Wildman–Crippen LogP) is 1.69. The first-order valence-corrected chi connectivity index (χ1v) is 5.76. The second-order valence-electron chi connectivity index (χ2n) is 3.31. The lowest BCUT2D eigenvalue weighted by atomic mass is 10.2. The van der Waals surface area contributed by atoms with E-state index in [1.54, 1.807) is 6.92 Å². The van der Waals surface area contributed by atoms with Crippen molar-refractivity contribution in [1.82, 2.24) is 4.98 Å². The van der Waals surface area contributed by atoms with Gasteiger partial charge >= 0.3 is 5.97 Å². The van der Waals surface area contributed by atoms with E-state index in [0.717, 1.165) is 9.88 Å². The Morgan fingerprint density at radius 3 is 2.87 bits per heavy atom. The normalized spacial score (nSPS) is 12.5. The maximum Gasteiger partial charge on any atom is 0.358 e. The standard InChI is InChI=1S/C10H16N2O2S/c1-4-14-10(13)8-7(3)15-9(12-8)6(2)5-11/h6H,4-5,11H2,1-3H3. The summed E-state index contributed by atoms with van der Waals surface area (Å²) in [5.41, 5.74) is 5.98. The Bertz CT molecular complexity index is 349. The van der Waals surface area contributed by atoms with Crippen LogP contribution in [-0.2, 0) is 4.74 Å². The van der Waals surface area contributed by atoms with Crippen molar-refractivity contribution in [3.63, 3.8) is 0 Å². The lowest BCUT2D eigenvalue weighted by Crippen LogP contribution is -2.10. The van der Waals surface area contributed by atoms with E-state index in [-0.39, 0.29) is 11.9 Å². The van der Waals surface area contributed by atoms with Crippen LogP contribution < -0.4 is 5.73 Å². The molecule has 0 radical (unpaired) electrons. The monoisotopic (exact) mass is 228 g/mol. The van der Waals surface area contributed by atoms with Gasteiger partial charge in [-0.1, -0.05) is 6.92 Å². The highest BCUT2D eigenvalue weighted by Gasteiger charge is 2.18. The van der Waals surface area contributed by atoms with Crippen molar-refractivity contribution in [2.75, 3.05) is 13.2 Å². The zero-order valence-electron chi connectivity index (χ0n) is 9.24. The van der Waals surface area contributed by atoms with Crippen LogP contribution in [0, 0.1) is 6.92 Å². The van der Waals surface area contributed by atoms with Gasteiger partial charge in [0.25, 0.3) is 0 Å². The molecule has 0 spiro atoms. The average molecular weight is 228 g/mol. The summed E-state index contributed by atoms with van der Waals surface area (Å²) in [6, 6.07) is 0. The fraction of sp³-hybridized carbons (Fsp3) is 0.600. The number of carbonyl (C=O) groups excluding carboxylic acids is 1. The molecule has 0 bridgehead atoms. The molecule has 0 saturated carbocycles. The van der Waals surface area contributed by atoms with E-state index >= 15 is 0 Å². The quantitative estimate of drug-likeness (QED) is 0.796. The molecule has 2 N–H and O–H groups in total. The van der Waals surface area contributed by atoms with Gasteiger partial charge in [0.15, 0.2) is 5.69 Å². The minimum atomic E-state index is -0.346. The summed E-state index contributed by atoms with van der Waals surface area (Å²) in [4.78, 5) is 16.6. The van der Waals surface area contributed by atoms with Crippen molar-refractivity contribution in [3.8, 4) is 0 Å². The molecule has 0 aliphatic heterocycles. The molecule has 0 aliphatic rings. The number of ether oxygens (including phenoxy) is 1. The molecule has 4 nitrogen and oxygen atoms in total. The molecule has 0 aromatic carbocycles. The van der Waals surface area contributed by atoms with Gasteiger partial charge in [-0.2, -0.15) is 0 Å². The summed E-state index contributed by atoms with van der Waals surface area (Å²) in [6.07, 6.45) is 0. The summed E-state index contributed by atoms with van der Waals surface area (Å²) in [6.45, 7) is 6.56. The Kier molecular flexibility index (Phi) is 4.23. The first kappa shape index (κ1) is 12.1. The number of carbonyl (C=O) groups is 1. The third-order valence-electron chi connectivity index (χ3n) is 2.06. The third kappa shape index (κ3) is 2.76. The highest BCUT2D eigenvalue weighted by Crippen LogP contribution is 2.24. The van der Waals surface area contributed by atoms with Gasteiger partial charge < -0.3 is 10.5 Å². The van der Waals surface area contributed by atoms with Crippen LogP contribution in [-0.4, -0.2) is 24.1 Å². The lowest BCUT2D eigenvalue weighted by molar-refractivity contribution is 0.0519. The molecule has 0 amide bonds. The maximum absolute atomic E-state index is 11.5. The number of aromatic nitrogens is 1. The smallest absolute Gasteiger partial charge is 0.358 e. The largest absolute Gasteiger partial charge is 0.461 e. The summed E-state index contributed by atoms with van der Waals surface area (Å²) >= 11 is 1.51. The number of nitrogens with zero attached hydrogens (tertiary/aromatic N) is 1. The van der Waals surface area contributed by atoms with Crippen LogP contribution in [0.4, 0.5) is 0 Å². The van der Waals surface area contributed by atoms with Gasteiger partial charge in [-0.05, 0) is 13.8 Å². The number of aryl methyl sites for hydroxylation is 1. The molecule has 1 heterocycles. The van der Waals surface area contributed by atoms with Crippen molar-refractivity contribution >= 4 is 17.3 Å². The summed E-state index contributed by atoms with van der Waals surface area (Å²) < 4.78 is 4.91. The van der Waals surface area contributed by atoms with Crippen LogP contribution in [0.25, 0.3) is 0 Å². The molecular weight excluding hydrogens is 212 g/mol. The molecule has 1 rings (SSSR count). The molecule has 0 aliphatic carbocycles. The van der Waals surface area contributed by atoms with E-state index in [9.17, 15) is 4.79 Å². The van der Waals surface area contributed by atoms with Crippen molar-refractivity contribution in [2.45, 2.75) is 26.7 Å². The Morgan fingerprint density at radius 1 is 1.67 bits per heavy atom. The zero-order chi connectivity index (χ0) is 11.4. The highest BCUT2D eigenvalue weighted by molar-refractivity contribution is 7.12. The Balaban J connectivity index is 2.90. The molecule has 0 saturated heterocycles. The van der Waals surface area contributed by atoms with E-state index in [0.29, 0.717) is 18.8 Å².